The minimum Gasteiger partial charge on any atom is -0.371 e. The number of benzene rings is 1. The van der Waals surface area contributed by atoms with Crippen LogP contribution in [0.1, 0.15) is 25.3 Å². The number of hydrogen-bond donors (Lipinski definition) is 0. The van der Waals surface area contributed by atoms with Gasteiger partial charge in [-0.15, -0.1) is 12.4 Å². The Kier molecular flexibility index (Phi) is 4.88. The molecular formula is C14H20ClN. The molecule has 0 fully saturated rings. The quantitative estimate of drug-likeness (QED) is 0.669. The van der Waals surface area contributed by atoms with Crippen LogP contribution in [0.4, 0.5) is 5.69 Å². The van der Waals surface area contributed by atoms with Crippen molar-refractivity contribution in [1.82, 2.24) is 0 Å². The first-order chi connectivity index (χ1) is 7.27. The summed E-state index contributed by atoms with van der Waals surface area (Å²) in [6, 6.07) is 8.67. The van der Waals surface area contributed by atoms with Crippen molar-refractivity contribution < 1.29 is 0 Å². The molecule has 88 valence electrons. The van der Waals surface area contributed by atoms with E-state index in [4.69, 9.17) is 0 Å². The monoisotopic (exact) mass is 237 g/mol. The van der Waals surface area contributed by atoms with Gasteiger partial charge in [-0.25, -0.2) is 0 Å². The van der Waals surface area contributed by atoms with Gasteiger partial charge >= 0.3 is 0 Å². The molecule has 2 rings (SSSR count). The van der Waals surface area contributed by atoms with E-state index in [0.717, 1.165) is 13.1 Å². The smallest absolute Gasteiger partial charge is 0.0396 e. The Morgan fingerprint density at radius 2 is 1.81 bits per heavy atom. The van der Waals surface area contributed by atoms with Crippen LogP contribution in [0.3, 0.4) is 0 Å². The van der Waals surface area contributed by atoms with Crippen LogP contribution in [0.2, 0.25) is 0 Å². The Morgan fingerprint density at radius 3 is 2.56 bits per heavy atom. The van der Waals surface area contributed by atoms with Crippen molar-refractivity contribution in [3.8, 4) is 0 Å². The van der Waals surface area contributed by atoms with E-state index in [-0.39, 0.29) is 12.4 Å². The largest absolute Gasteiger partial charge is 0.371 e. The topological polar surface area (TPSA) is 3.24 Å². The molecule has 0 spiro atoms. The molecule has 0 bridgehead atoms. The summed E-state index contributed by atoms with van der Waals surface area (Å²) in [5, 5.41) is 0. The van der Waals surface area contributed by atoms with Crippen LogP contribution >= 0.6 is 12.4 Å². The fraction of sp³-hybridized carbons (Fsp3) is 0.429. The van der Waals surface area contributed by atoms with Gasteiger partial charge in [0.15, 0.2) is 0 Å². The maximum absolute atomic E-state index is 2.50. The van der Waals surface area contributed by atoms with Gasteiger partial charge in [-0.3, -0.25) is 0 Å². The first kappa shape index (κ1) is 13.1. The molecule has 1 aliphatic heterocycles. The van der Waals surface area contributed by atoms with Gasteiger partial charge in [0.1, 0.15) is 0 Å². The number of halogens is 1. The zero-order chi connectivity index (χ0) is 10.7. The van der Waals surface area contributed by atoms with Crippen molar-refractivity contribution in [3.63, 3.8) is 0 Å². The van der Waals surface area contributed by atoms with E-state index >= 15 is 0 Å². The summed E-state index contributed by atoms with van der Waals surface area (Å²) in [5.74, 6) is 0. The molecule has 1 aromatic carbocycles. The van der Waals surface area contributed by atoms with Crippen molar-refractivity contribution in [2.24, 2.45) is 0 Å². The first-order valence-corrected chi connectivity index (χ1v) is 5.73. The molecule has 0 unspecified atom stereocenters. The minimum atomic E-state index is 0. The second-order valence-electron chi connectivity index (χ2n) is 4.36. The molecular weight excluding hydrogens is 218 g/mol. The van der Waals surface area contributed by atoms with Gasteiger partial charge in [-0.2, -0.15) is 0 Å². The third kappa shape index (κ3) is 3.02. The van der Waals surface area contributed by atoms with Crippen LogP contribution in [-0.4, -0.2) is 13.1 Å². The summed E-state index contributed by atoms with van der Waals surface area (Å²) in [6.07, 6.45) is 4.76. The zero-order valence-corrected chi connectivity index (χ0v) is 10.9. The first-order valence-electron chi connectivity index (χ1n) is 5.73. The van der Waals surface area contributed by atoms with E-state index in [1.165, 1.54) is 29.7 Å². The molecule has 2 heteroatoms. The molecule has 1 aromatic rings. The maximum Gasteiger partial charge on any atom is 0.0396 e. The highest BCUT2D eigenvalue weighted by atomic mass is 35.5. The molecule has 0 amide bonds. The van der Waals surface area contributed by atoms with Crippen LogP contribution in [0, 0.1) is 6.92 Å². The average Bonchev–Trinajstić information content (AvgIpc) is 2.44. The van der Waals surface area contributed by atoms with E-state index in [1.807, 2.05) is 0 Å². The van der Waals surface area contributed by atoms with Gasteiger partial charge in [0, 0.05) is 18.8 Å². The molecule has 16 heavy (non-hydrogen) atoms. The Hall–Kier alpha value is -0.950. The highest BCUT2D eigenvalue weighted by Crippen LogP contribution is 2.22. The molecule has 1 heterocycles. The second kappa shape index (κ2) is 5.95. The summed E-state index contributed by atoms with van der Waals surface area (Å²) in [4.78, 5) is 2.50. The van der Waals surface area contributed by atoms with Crippen LogP contribution in [0.5, 0.6) is 0 Å². The molecule has 0 radical (unpaired) electrons. The maximum atomic E-state index is 2.50. The van der Waals surface area contributed by atoms with E-state index < -0.39 is 0 Å². The normalized spacial score (nSPS) is 16.1. The lowest BCUT2D eigenvalue weighted by molar-refractivity contribution is 0.801. The summed E-state index contributed by atoms with van der Waals surface area (Å²) < 4.78 is 0. The van der Waals surface area contributed by atoms with E-state index in [1.54, 1.807) is 0 Å². The lowest BCUT2D eigenvalue weighted by Gasteiger charge is -2.24. The molecule has 1 nitrogen and oxygen atoms in total. The zero-order valence-electron chi connectivity index (χ0n) is 10.1. The number of aryl methyl sites for hydroxylation is 1. The lowest BCUT2D eigenvalue weighted by atomic mass is 10.1. The standard InChI is InChI=1S/C14H19N.ClH/c1-12-6-5-10-15(11-9-12)14-8-4-3-7-13(14)2;/h3-4,6-8H,5,9-11H2,1-2H3;1H. The minimum absolute atomic E-state index is 0. The Morgan fingerprint density at radius 1 is 1.06 bits per heavy atom. The number of hydrogen-bond acceptors (Lipinski definition) is 1. The van der Waals surface area contributed by atoms with Gasteiger partial charge < -0.3 is 4.90 Å². The predicted molar refractivity (Wildman–Crippen MR) is 73.6 cm³/mol. The number of rotatable bonds is 1. The Labute approximate surface area is 105 Å². The van der Waals surface area contributed by atoms with Crippen LogP contribution in [0.15, 0.2) is 35.9 Å². The third-order valence-electron chi connectivity index (χ3n) is 3.12. The number of nitrogens with zero attached hydrogens (tertiary/aromatic N) is 1. The van der Waals surface area contributed by atoms with Gasteiger partial charge in [-0.05, 0) is 38.3 Å². The Bertz CT molecular complexity index is 371. The van der Waals surface area contributed by atoms with E-state index in [9.17, 15) is 0 Å². The van der Waals surface area contributed by atoms with Crippen molar-refractivity contribution >= 4 is 18.1 Å². The molecule has 0 atom stereocenters. The van der Waals surface area contributed by atoms with Crippen LogP contribution < -0.4 is 4.90 Å². The SMILES string of the molecule is CC1=CCCN(c2ccccc2C)CC1.Cl. The lowest BCUT2D eigenvalue weighted by Crippen LogP contribution is -2.24. The summed E-state index contributed by atoms with van der Waals surface area (Å²) in [5.41, 5.74) is 4.32. The van der Waals surface area contributed by atoms with Gasteiger partial charge in [0.05, 0.1) is 0 Å². The van der Waals surface area contributed by atoms with Crippen LogP contribution in [0.25, 0.3) is 0 Å². The second-order valence-corrected chi connectivity index (χ2v) is 4.36. The van der Waals surface area contributed by atoms with Gasteiger partial charge in [-0.1, -0.05) is 29.8 Å². The molecule has 0 aliphatic carbocycles. The molecule has 1 aliphatic rings. The van der Waals surface area contributed by atoms with Crippen molar-refractivity contribution in [2.45, 2.75) is 26.7 Å². The van der Waals surface area contributed by atoms with Crippen LogP contribution in [-0.2, 0) is 0 Å². The fourth-order valence-corrected chi connectivity index (χ4v) is 2.15. The van der Waals surface area contributed by atoms with Gasteiger partial charge in [0.25, 0.3) is 0 Å². The fourth-order valence-electron chi connectivity index (χ4n) is 2.15. The molecule has 0 saturated carbocycles. The number of para-hydroxylation sites is 1. The average molecular weight is 238 g/mol. The summed E-state index contributed by atoms with van der Waals surface area (Å²) in [6.45, 7) is 6.75. The molecule has 0 aromatic heterocycles. The number of anilines is 1. The predicted octanol–water partition coefficient (Wildman–Crippen LogP) is 3.96. The Balaban J connectivity index is 0.00000128. The highest BCUT2D eigenvalue weighted by Gasteiger charge is 2.10. The highest BCUT2D eigenvalue weighted by molar-refractivity contribution is 5.85. The summed E-state index contributed by atoms with van der Waals surface area (Å²) in [7, 11) is 0. The van der Waals surface area contributed by atoms with Gasteiger partial charge in [0.2, 0.25) is 0 Å². The molecule has 0 N–H and O–H groups in total. The molecule has 0 saturated heterocycles. The van der Waals surface area contributed by atoms with Crippen molar-refractivity contribution in [2.75, 3.05) is 18.0 Å². The van der Waals surface area contributed by atoms with Crippen molar-refractivity contribution in [3.05, 3.63) is 41.5 Å². The third-order valence-corrected chi connectivity index (χ3v) is 3.12. The van der Waals surface area contributed by atoms with E-state index in [2.05, 4.69) is 49.1 Å². The van der Waals surface area contributed by atoms with Crippen molar-refractivity contribution in [1.29, 1.82) is 0 Å². The van der Waals surface area contributed by atoms with E-state index in [0.29, 0.717) is 0 Å². The summed E-state index contributed by atoms with van der Waals surface area (Å²) >= 11 is 0.